The first-order valence-electron chi connectivity index (χ1n) is 16.9. The van der Waals surface area contributed by atoms with E-state index in [2.05, 4.69) is 190 Å². The second-order valence-corrected chi connectivity index (χ2v) is 12.9. The van der Waals surface area contributed by atoms with Crippen molar-refractivity contribution in [2.45, 2.75) is 0 Å². The van der Waals surface area contributed by atoms with Crippen LogP contribution in [0.15, 0.2) is 176 Å². The van der Waals surface area contributed by atoms with E-state index in [1.54, 1.807) is 0 Å². The fourth-order valence-corrected chi connectivity index (χ4v) is 8.46. The highest BCUT2D eigenvalue weighted by atomic mass is 15.0. The average molecular weight is 624 g/mol. The Labute approximate surface area is 282 Å². The van der Waals surface area contributed by atoms with Crippen molar-refractivity contribution >= 4 is 76.2 Å². The van der Waals surface area contributed by atoms with Crippen LogP contribution >= 0.6 is 0 Å². The fraction of sp³-hybridized carbons (Fsp3) is 0. The van der Waals surface area contributed by atoms with Crippen LogP contribution in [0.3, 0.4) is 0 Å². The summed E-state index contributed by atoms with van der Waals surface area (Å²) in [5.74, 6) is 0. The largest absolute Gasteiger partial charge is 0.309 e. The number of rotatable bonds is 3. The molecule has 3 aromatic heterocycles. The average Bonchev–Trinajstić information content (AvgIpc) is 3.82. The highest BCUT2D eigenvalue weighted by Crippen LogP contribution is 2.47. The minimum Gasteiger partial charge on any atom is -0.309 e. The lowest BCUT2D eigenvalue weighted by molar-refractivity contribution is 1.17. The van der Waals surface area contributed by atoms with Gasteiger partial charge in [-0.15, -0.1) is 0 Å². The van der Waals surface area contributed by atoms with Gasteiger partial charge in [0.15, 0.2) is 0 Å². The standard InChI is InChI=1S/C46H29N3/c1-3-15-30(16-4-1)47-39-24-12-9-19-33(39)38-29-32(27-28-42(38)47)49-40-25-13-10-22-36(40)43-34-20-7-8-21-35(34)45-44(46(43)49)37-23-11-14-26-41(37)48(45)31-17-5-2-6-18-31/h1-29H. The smallest absolute Gasteiger partial charge is 0.0647 e. The van der Waals surface area contributed by atoms with Gasteiger partial charge >= 0.3 is 0 Å². The van der Waals surface area contributed by atoms with Crippen LogP contribution in [0, 0.1) is 0 Å². The summed E-state index contributed by atoms with van der Waals surface area (Å²) in [7, 11) is 0. The van der Waals surface area contributed by atoms with Crippen molar-refractivity contribution in [2.24, 2.45) is 0 Å². The monoisotopic (exact) mass is 623 g/mol. The molecule has 0 aliphatic rings. The molecule has 11 aromatic rings. The zero-order chi connectivity index (χ0) is 32.1. The molecular formula is C46H29N3. The number of nitrogens with zero attached hydrogens (tertiary/aromatic N) is 3. The van der Waals surface area contributed by atoms with Crippen LogP contribution < -0.4 is 0 Å². The third kappa shape index (κ3) is 3.56. The number of benzene rings is 8. The van der Waals surface area contributed by atoms with E-state index in [9.17, 15) is 0 Å². The predicted molar refractivity (Wildman–Crippen MR) is 207 cm³/mol. The highest BCUT2D eigenvalue weighted by Gasteiger charge is 2.24. The molecule has 3 heterocycles. The molecule has 0 aliphatic heterocycles. The van der Waals surface area contributed by atoms with E-state index in [0.29, 0.717) is 0 Å². The first-order chi connectivity index (χ1) is 24.4. The summed E-state index contributed by atoms with van der Waals surface area (Å²) in [5, 5.41) is 10.1. The van der Waals surface area contributed by atoms with Gasteiger partial charge in [0, 0.05) is 54.8 Å². The number of para-hydroxylation sites is 5. The number of aromatic nitrogens is 3. The molecule has 3 nitrogen and oxygen atoms in total. The van der Waals surface area contributed by atoms with E-state index < -0.39 is 0 Å². The third-order valence-electron chi connectivity index (χ3n) is 10.4. The van der Waals surface area contributed by atoms with Gasteiger partial charge in [-0.1, -0.05) is 115 Å². The van der Waals surface area contributed by atoms with Gasteiger partial charge in [-0.05, 0) is 66.0 Å². The first-order valence-corrected chi connectivity index (χ1v) is 16.9. The Morgan fingerprint density at radius 1 is 0.245 bits per heavy atom. The van der Waals surface area contributed by atoms with Crippen LogP contribution in [-0.4, -0.2) is 13.7 Å². The molecular weight excluding hydrogens is 595 g/mol. The van der Waals surface area contributed by atoms with Crippen molar-refractivity contribution in [1.29, 1.82) is 0 Å². The lowest BCUT2D eigenvalue weighted by Gasteiger charge is -2.13. The first kappa shape index (κ1) is 26.5. The van der Waals surface area contributed by atoms with E-state index >= 15 is 0 Å². The van der Waals surface area contributed by atoms with Crippen LogP contribution in [0.2, 0.25) is 0 Å². The van der Waals surface area contributed by atoms with Crippen molar-refractivity contribution in [2.75, 3.05) is 0 Å². The Morgan fingerprint density at radius 3 is 1.35 bits per heavy atom. The Balaban J connectivity index is 1.36. The topological polar surface area (TPSA) is 14.8 Å². The molecule has 0 spiro atoms. The van der Waals surface area contributed by atoms with E-state index in [1.165, 1.54) is 81.9 Å². The van der Waals surface area contributed by atoms with Crippen LogP contribution in [0.5, 0.6) is 0 Å². The molecule has 228 valence electrons. The summed E-state index contributed by atoms with van der Waals surface area (Å²) in [5.41, 5.74) is 10.8. The number of fused-ring (bicyclic) bond motifs is 13. The van der Waals surface area contributed by atoms with E-state index in [1.807, 2.05) is 0 Å². The van der Waals surface area contributed by atoms with Gasteiger partial charge in [-0.2, -0.15) is 0 Å². The predicted octanol–water partition coefficient (Wildman–Crippen LogP) is 12.1. The van der Waals surface area contributed by atoms with Crippen LogP contribution in [-0.2, 0) is 0 Å². The Morgan fingerprint density at radius 2 is 0.694 bits per heavy atom. The number of hydrogen-bond acceptors (Lipinski definition) is 0. The maximum Gasteiger partial charge on any atom is 0.0647 e. The summed E-state index contributed by atoms with van der Waals surface area (Å²) in [6.45, 7) is 0. The Kier molecular flexibility index (Phi) is 5.38. The minimum absolute atomic E-state index is 1.16. The van der Waals surface area contributed by atoms with E-state index in [0.717, 1.165) is 11.4 Å². The Bertz CT molecular complexity index is 3090. The quantitative estimate of drug-likeness (QED) is 0.186. The molecule has 11 rings (SSSR count). The molecule has 0 atom stereocenters. The maximum absolute atomic E-state index is 2.52. The highest BCUT2D eigenvalue weighted by molar-refractivity contribution is 6.36. The molecule has 3 heteroatoms. The molecule has 0 fully saturated rings. The van der Waals surface area contributed by atoms with Gasteiger partial charge in [0.1, 0.15) is 0 Å². The van der Waals surface area contributed by atoms with Gasteiger partial charge in [0.2, 0.25) is 0 Å². The molecule has 0 bridgehead atoms. The van der Waals surface area contributed by atoms with E-state index in [4.69, 9.17) is 0 Å². The van der Waals surface area contributed by atoms with Gasteiger partial charge in [-0.25, -0.2) is 0 Å². The van der Waals surface area contributed by atoms with Crippen molar-refractivity contribution in [3.8, 4) is 17.1 Å². The van der Waals surface area contributed by atoms with Crippen molar-refractivity contribution < 1.29 is 0 Å². The van der Waals surface area contributed by atoms with Crippen molar-refractivity contribution in [1.82, 2.24) is 13.7 Å². The van der Waals surface area contributed by atoms with Crippen LogP contribution in [0.1, 0.15) is 0 Å². The fourth-order valence-electron chi connectivity index (χ4n) is 8.46. The Hall–Kier alpha value is -6.58. The lowest BCUT2D eigenvalue weighted by Crippen LogP contribution is -1.97. The SMILES string of the molecule is c1ccc(-n2c3ccccc3c3cc(-n4c5ccccc5c5c6ccccc6c6c(c7ccccc7n6-c6ccccc6)c54)ccc32)cc1. The number of hydrogen-bond donors (Lipinski definition) is 0. The second kappa shape index (κ2) is 9.96. The second-order valence-electron chi connectivity index (χ2n) is 12.9. The molecule has 0 aliphatic carbocycles. The molecule has 0 radical (unpaired) electrons. The lowest BCUT2D eigenvalue weighted by atomic mass is 9.99. The minimum atomic E-state index is 1.16. The molecule has 0 saturated heterocycles. The molecule has 49 heavy (non-hydrogen) atoms. The maximum atomic E-state index is 2.52. The normalized spacial score (nSPS) is 12.1. The van der Waals surface area contributed by atoms with Crippen LogP contribution in [0.25, 0.3) is 93.3 Å². The summed E-state index contributed by atoms with van der Waals surface area (Å²) in [6.07, 6.45) is 0. The van der Waals surface area contributed by atoms with Gasteiger partial charge in [-0.3, -0.25) is 0 Å². The molecule has 0 unspecified atom stereocenters. The summed E-state index contributed by atoms with van der Waals surface area (Å²) < 4.78 is 7.37. The molecule has 0 saturated carbocycles. The summed E-state index contributed by atoms with van der Waals surface area (Å²) >= 11 is 0. The zero-order valence-electron chi connectivity index (χ0n) is 26.6. The molecule has 8 aromatic carbocycles. The zero-order valence-corrected chi connectivity index (χ0v) is 26.6. The van der Waals surface area contributed by atoms with E-state index in [-0.39, 0.29) is 0 Å². The third-order valence-corrected chi connectivity index (χ3v) is 10.4. The van der Waals surface area contributed by atoms with Crippen LogP contribution in [0.4, 0.5) is 0 Å². The molecule has 0 amide bonds. The molecule has 0 N–H and O–H groups in total. The van der Waals surface area contributed by atoms with Gasteiger partial charge in [0.05, 0.1) is 33.1 Å². The van der Waals surface area contributed by atoms with Gasteiger partial charge in [0.25, 0.3) is 0 Å². The van der Waals surface area contributed by atoms with Gasteiger partial charge < -0.3 is 13.7 Å². The summed E-state index contributed by atoms with van der Waals surface area (Å²) in [6, 6.07) is 64.1. The summed E-state index contributed by atoms with van der Waals surface area (Å²) in [4.78, 5) is 0. The van der Waals surface area contributed by atoms with Crippen molar-refractivity contribution in [3.05, 3.63) is 176 Å². The van der Waals surface area contributed by atoms with Crippen molar-refractivity contribution in [3.63, 3.8) is 0 Å².